The van der Waals surface area contributed by atoms with Crippen LogP contribution in [0.3, 0.4) is 0 Å². The summed E-state index contributed by atoms with van der Waals surface area (Å²) in [6.07, 6.45) is 2.32. The molecule has 0 bridgehead atoms. The zero-order valence-corrected chi connectivity index (χ0v) is 16.9. The van der Waals surface area contributed by atoms with Gasteiger partial charge >= 0.3 is 0 Å². The van der Waals surface area contributed by atoms with Crippen LogP contribution in [0.5, 0.6) is 11.5 Å². The summed E-state index contributed by atoms with van der Waals surface area (Å²) in [4.78, 5) is 0. The first-order valence-corrected chi connectivity index (χ1v) is 9.65. The van der Waals surface area contributed by atoms with Gasteiger partial charge in [-0.1, -0.05) is 52.0 Å². The Kier molecular flexibility index (Phi) is 4.58. The number of hydrogen-bond acceptors (Lipinski definition) is 2. The molecule has 2 N–H and O–H groups in total. The van der Waals surface area contributed by atoms with Crippen LogP contribution in [0.2, 0.25) is 0 Å². The molecule has 2 nitrogen and oxygen atoms in total. The Hall–Kier alpha value is -1.96. The second-order valence-electron chi connectivity index (χ2n) is 9.49. The molecule has 0 spiro atoms. The molecule has 0 aromatic heterocycles. The van der Waals surface area contributed by atoms with Crippen LogP contribution in [0, 0.1) is 31.1 Å². The zero-order valence-electron chi connectivity index (χ0n) is 16.9. The Bertz CT molecular complexity index is 762. The summed E-state index contributed by atoms with van der Waals surface area (Å²) >= 11 is 0. The van der Waals surface area contributed by atoms with Crippen molar-refractivity contribution in [2.75, 3.05) is 0 Å². The predicted molar refractivity (Wildman–Crippen MR) is 108 cm³/mol. The lowest BCUT2D eigenvalue weighted by Crippen LogP contribution is -2.51. The highest BCUT2D eigenvalue weighted by molar-refractivity contribution is 5.50. The molecule has 0 unspecified atom stereocenters. The van der Waals surface area contributed by atoms with Gasteiger partial charge in [0.25, 0.3) is 0 Å². The molecule has 1 fully saturated rings. The monoisotopic (exact) mass is 352 g/mol. The van der Waals surface area contributed by atoms with Crippen molar-refractivity contribution in [1.82, 2.24) is 0 Å². The van der Waals surface area contributed by atoms with Crippen LogP contribution in [0.15, 0.2) is 36.4 Å². The topological polar surface area (TPSA) is 40.5 Å². The minimum Gasteiger partial charge on any atom is -0.508 e. The number of phenolic OH excluding ortho intramolecular Hbond substituents is 2. The van der Waals surface area contributed by atoms with Crippen molar-refractivity contribution in [3.05, 3.63) is 58.7 Å². The smallest absolute Gasteiger partial charge is 0.118 e. The maximum atomic E-state index is 9.99. The van der Waals surface area contributed by atoms with Crippen molar-refractivity contribution in [2.24, 2.45) is 17.3 Å². The first-order chi connectivity index (χ1) is 12.0. The lowest BCUT2D eigenvalue weighted by molar-refractivity contribution is 0.0434. The number of aryl methyl sites for hydroxylation is 2. The van der Waals surface area contributed by atoms with Crippen molar-refractivity contribution < 1.29 is 10.2 Å². The SMILES string of the molecule is Cc1cc(C2(c3ccc(O)c(C)c3)C[C@H](CC(C)(C)C)[C@H]2C)ccc1O. The summed E-state index contributed by atoms with van der Waals surface area (Å²) in [5, 5.41) is 20.0. The van der Waals surface area contributed by atoms with E-state index in [1.165, 1.54) is 17.5 Å². The van der Waals surface area contributed by atoms with E-state index in [0.29, 0.717) is 28.7 Å². The van der Waals surface area contributed by atoms with Crippen LogP contribution in [0.4, 0.5) is 0 Å². The van der Waals surface area contributed by atoms with E-state index >= 15 is 0 Å². The molecule has 140 valence electrons. The second kappa shape index (κ2) is 6.33. The quantitative estimate of drug-likeness (QED) is 0.701. The molecule has 1 aliphatic carbocycles. The van der Waals surface area contributed by atoms with Gasteiger partial charge in [-0.3, -0.25) is 0 Å². The van der Waals surface area contributed by atoms with E-state index in [9.17, 15) is 10.2 Å². The highest BCUT2D eigenvalue weighted by Crippen LogP contribution is 2.59. The summed E-state index contributed by atoms with van der Waals surface area (Å²) in [5.41, 5.74) is 4.66. The number of aromatic hydroxyl groups is 2. The Labute approximate surface area is 157 Å². The third-order valence-corrected chi connectivity index (χ3v) is 6.37. The normalized spacial score (nSPS) is 22.1. The number of hydrogen-bond donors (Lipinski definition) is 2. The fourth-order valence-electron chi connectivity index (χ4n) is 4.85. The number of phenols is 2. The van der Waals surface area contributed by atoms with Crippen molar-refractivity contribution in [3.63, 3.8) is 0 Å². The Morgan fingerprint density at radius 3 is 1.73 bits per heavy atom. The van der Waals surface area contributed by atoms with E-state index in [-0.39, 0.29) is 5.41 Å². The Morgan fingerprint density at radius 1 is 0.923 bits per heavy atom. The molecule has 2 aromatic rings. The van der Waals surface area contributed by atoms with Gasteiger partial charge in [-0.05, 0) is 78.3 Å². The third-order valence-electron chi connectivity index (χ3n) is 6.37. The molecule has 1 aliphatic rings. The maximum Gasteiger partial charge on any atom is 0.118 e. The van der Waals surface area contributed by atoms with Crippen LogP contribution in [-0.4, -0.2) is 10.2 Å². The molecule has 2 atom stereocenters. The second-order valence-corrected chi connectivity index (χ2v) is 9.49. The minimum atomic E-state index is -0.0488. The summed E-state index contributed by atoms with van der Waals surface area (Å²) in [7, 11) is 0. The van der Waals surface area contributed by atoms with E-state index in [1.807, 2.05) is 26.0 Å². The number of rotatable bonds is 3. The molecule has 1 saturated carbocycles. The number of benzene rings is 2. The first-order valence-electron chi connectivity index (χ1n) is 9.65. The van der Waals surface area contributed by atoms with Crippen molar-refractivity contribution >= 4 is 0 Å². The average Bonchev–Trinajstić information content (AvgIpc) is 2.55. The highest BCUT2D eigenvalue weighted by Gasteiger charge is 2.53. The van der Waals surface area contributed by atoms with Crippen molar-refractivity contribution in [1.29, 1.82) is 0 Å². The molecule has 0 radical (unpaired) electrons. The predicted octanol–water partition coefficient (Wildman–Crippen LogP) is 6.09. The summed E-state index contributed by atoms with van der Waals surface area (Å²) in [5.74, 6) is 1.89. The molecule has 0 saturated heterocycles. The molecule has 3 rings (SSSR count). The molecule has 0 amide bonds. The van der Waals surface area contributed by atoms with Gasteiger partial charge in [0, 0.05) is 5.41 Å². The van der Waals surface area contributed by atoms with Crippen LogP contribution >= 0.6 is 0 Å². The molecule has 26 heavy (non-hydrogen) atoms. The van der Waals surface area contributed by atoms with E-state index in [1.54, 1.807) is 0 Å². The first kappa shape index (κ1) is 18.8. The molecule has 2 heteroatoms. The van der Waals surface area contributed by atoms with Gasteiger partial charge < -0.3 is 10.2 Å². The van der Waals surface area contributed by atoms with Gasteiger partial charge in [0.2, 0.25) is 0 Å². The summed E-state index contributed by atoms with van der Waals surface area (Å²) in [6.45, 7) is 13.2. The molecule has 2 aromatic carbocycles. The van der Waals surface area contributed by atoms with Crippen LogP contribution in [0.1, 0.15) is 62.8 Å². The third kappa shape index (κ3) is 3.11. The fraction of sp³-hybridized carbons (Fsp3) is 0.500. The van der Waals surface area contributed by atoms with Gasteiger partial charge in [0.1, 0.15) is 11.5 Å². The highest BCUT2D eigenvalue weighted by atomic mass is 16.3. The van der Waals surface area contributed by atoms with Gasteiger partial charge in [-0.25, -0.2) is 0 Å². The molecule has 0 aliphatic heterocycles. The lowest BCUT2D eigenvalue weighted by Gasteiger charge is -2.56. The van der Waals surface area contributed by atoms with Crippen molar-refractivity contribution in [2.45, 2.75) is 59.8 Å². The van der Waals surface area contributed by atoms with Crippen LogP contribution in [0.25, 0.3) is 0 Å². The van der Waals surface area contributed by atoms with E-state index in [2.05, 4.69) is 52.0 Å². The van der Waals surface area contributed by atoms with Crippen molar-refractivity contribution in [3.8, 4) is 11.5 Å². The molecular weight excluding hydrogens is 320 g/mol. The van der Waals surface area contributed by atoms with Gasteiger partial charge in [-0.2, -0.15) is 0 Å². The van der Waals surface area contributed by atoms with Gasteiger partial charge in [0.05, 0.1) is 0 Å². The van der Waals surface area contributed by atoms with Crippen LogP contribution in [-0.2, 0) is 5.41 Å². The summed E-state index contributed by atoms with van der Waals surface area (Å²) < 4.78 is 0. The minimum absolute atomic E-state index is 0.0488. The van der Waals surface area contributed by atoms with Crippen LogP contribution < -0.4 is 0 Å². The maximum absolute atomic E-state index is 9.99. The lowest BCUT2D eigenvalue weighted by atomic mass is 9.47. The van der Waals surface area contributed by atoms with E-state index < -0.39 is 0 Å². The van der Waals surface area contributed by atoms with E-state index in [4.69, 9.17) is 0 Å². The largest absolute Gasteiger partial charge is 0.508 e. The molecular formula is C24H32O2. The fourth-order valence-corrected chi connectivity index (χ4v) is 4.85. The zero-order chi connectivity index (χ0) is 19.3. The Balaban J connectivity index is 2.08. The average molecular weight is 353 g/mol. The standard InChI is InChI=1S/C24H32O2/c1-15-11-19(7-9-21(15)25)24(20-8-10-22(26)16(2)12-20)14-18(17(24)3)13-23(4,5)6/h7-12,17-18,25-26H,13-14H2,1-6H3/t17-,18+/m1/s1. The summed E-state index contributed by atoms with van der Waals surface area (Å²) in [6, 6.07) is 12.1. The van der Waals surface area contributed by atoms with Gasteiger partial charge in [0.15, 0.2) is 0 Å². The van der Waals surface area contributed by atoms with E-state index in [0.717, 1.165) is 17.5 Å². The Morgan fingerprint density at radius 2 is 1.38 bits per heavy atom. The molecule has 0 heterocycles. The van der Waals surface area contributed by atoms with Gasteiger partial charge in [-0.15, -0.1) is 0 Å².